The van der Waals surface area contributed by atoms with Crippen LogP contribution < -0.4 is 10.6 Å². The van der Waals surface area contributed by atoms with Gasteiger partial charge in [-0.1, -0.05) is 49.6 Å². The Labute approximate surface area is 136 Å². The third kappa shape index (κ3) is 2.79. The molecule has 0 saturated heterocycles. The van der Waals surface area contributed by atoms with Crippen LogP contribution in [0.15, 0.2) is 47.8 Å². The first-order valence-electron chi connectivity index (χ1n) is 8.31. The highest BCUT2D eigenvalue weighted by Gasteiger charge is 2.40. The van der Waals surface area contributed by atoms with Crippen molar-refractivity contribution in [1.29, 1.82) is 0 Å². The van der Waals surface area contributed by atoms with Crippen molar-refractivity contribution in [3.63, 3.8) is 0 Å². The van der Waals surface area contributed by atoms with Crippen molar-refractivity contribution in [3.8, 4) is 0 Å². The zero-order chi connectivity index (χ0) is 15.5. The van der Waals surface area contributed by atoms with E-state index in [9.17, 15) is 0 Å². The van der Waals surface area contributed by atoms with Gasteiger partial charge in [-0.05, 0) is 18.4 Å². The second-order valence-corrected chi connectivity index (χ2v) is 6.32. The van der Waals surface area contributed by atoms with Crippen LogP contribution in [0, 0.1) is 0 Å². The Hall–Kier alpha value is -2.43. The van der Waals surface area contributed by atoms with E-state index in [4.69, 9.17) is 4.99 Å². The minimum atomic E-state index is -0.103. The third-order valence-electron chi connectivity index (χ3n) is 4.75. The number of amidine groups is 1. The Balaban J connectivity index is 1.63. The lowest BCUT2D eigenvalue weighted by atomic mass is 9.79. The molecule has 0 amide bonds. The van der Waals surface area contributed by atoms with Crippen LogP contribution in [0.25, 0.3) is 0 Å². The number of benzene rings is 1. The van der Waals surface area contributed by atoms with Crippen molar-refractivity contribution in [2.75, 3.05) is 5.32 Å². The highest BCUT2D eigenvalue weighted by atomic mass is 15.2. The number of hydrogen-bond donors (Lipinski definition) is 2. The molecule has 1 aromatic carbocycles. The molecular weight excluding hydrogens is 286 g/mol. The second kappa shape index (κ2) is 5.99. The van der Waals surface area contributed by atoms with Gasteiger partial charge in [0.25, 0.3) is 0 Å². The molecule has 0 atom stereocenters. The van der Waals surface area contributed by atoms with Crippen LogP contribution in [0.1, 0.15) is 37.7 Å². The van der Waals surface area contributed by atoms with E-state index in [1.54, 1.807) is 12.5 Å². The quantitative estimate of drug-likeness (QED) is 0.892. The van der Waals surface area contributed by atoms with Crippen molar-refractivity contribution in [2.45, 2.75) is 44.2 Å². The Morgan fingerprint density at radius 3 is 2.74 bits per heavy atom. The molecule has 2 aliphatic rings. The number of aliphatic imine (C=N–C) groups is 1. The predicted molar refractivity (Wildman–Crippen MR) is 91.8 cm³/mol. The van der Waals surface area contributed by atoms with Crippen molar-refractivity contribution in [3.05, 3.63) is 48.4 Å². The molecule has 23 heavy (non-hydrogen) atoms. The zero-order valence-electron chi connectivity index (χ0n) is 13.1. The molecule has 118 valence electrons. The summed E-state index contributed by atoms with van der Waals surface area (Å²) in [5.74, 6) is 1.88. The summed E-state index contributed by atoms with van der Waals surface area (Å²) in [5.41, 5.74) is 1.98. The van der Waals surface area contributed by atoms with Gasteiger partial charge in [0, 0.05) is 6.54 Å². The summed E-state index contributed by atoms with van der Waals surface area (Å²) in [7, 11) is 0. The van der Waals surface area contributed by atoms with E-state index in [-0.39, 0.29) is 5.54 Å². The van der Waals surface area contributed by atoms with Gasteiger partial charge in [-0.3, -0.25) is 0 Å². The van der Waals surface area contributed by atoms with Crippen molar-refractivity contribution in [2.24, 2.45) is 4.99 Å². The Morgan fingerprint density at radius 2 is 1.91 bits per heavy atom. The molecule has 1 aliphatic heterocycles. The van der Waals surface area contributed by atoms with Crippen LogP contribution in [0.5, 0.6) is 0 Å². The molecule has 1 aliphatic carbocycles. The SMILES string of the molecule is c1ccc(CNC2=Nc3cncnc3NC23CCCCC3)cc1. The highest BCUT2D eigenvalue weighted by Crippen LogP contribution is 2.38. The van der Waals surface area contributed by atoms with Crippen LogP contribution in [0.2, 0.25) is 0 Å². The van der Waals surface area contributed by atoms with Gasteiger partial charge in [0.2, 0.25) is 0 Å². The van der Waals surface area contributed by atoms with E-state index in [2.05, 4.69) is 44.9 Å². The number of nitrogens with one attached hydrogen (secondary N) is 2. The molecule has 5 heteroatoms. The zero-order valence-corrected chi connectivity index (χ0v) is 13.1. The lowest BCUT2D eigenvalue weighted by Gasteiger charge is -2.42. The van der Waals surface area contributed by atoms with E-state index in [1.807, 2.05) is 6.07 Å². The maximum Gasteiger partial charge on any atom is 0.156 e. The summed E-state index contributed by atoms with van der Waals surface area (Å²) in [5, 5.41) is 7.23. The summed E-state index contributed by atoms with van der Waals surface area (Å²) >= 11 is 0. The molecule has 1 saturated carbocycles. The fourth-order valence-corrected chi connectivity index (χ4v) is 3.52. The maximum absolute atomic E-state index is 4.86. The van der Waals surface area contributed by atoms with E-state index < -0.39 is 0 Å². The van der Waals surface area contributed by atoms with Gasteiger partial charge in [0.1, 0.15) is 17.9 Å². The Morgan fingerprint density at radius 1 is 1.09 bits per heavy atom. The van der Waals surface area contributed by atoms with Crippen LogP contribution in [-0.4, -0.2) is 21.3 Å². The predicted octanol–water partition coefficient (Wildman–Crippen LogP) is 3.42. The van der Waals surface area contributed by atoms with Crippen molar-refractivity contribution < 1.29 is 0 Å². The number of hydrogen-bond acceptors (Lipinski definition) is 5. The van der Waals surface area contributed by atoms with Gasteiger partial charge in [0.05, 0.1) is 11.7 Å². The van der Waals surface area contributed by atoms with Gasteiger partial charge in [-0.15, -0.1) is 0 Å². The number of nitrogens with zero attached hydrogens (tertiary/aromatic N) is 3. The summed E-state index contributed by atoms with van der Waals surface area (Å²) in [6.45, 7) is 0.784. The number of fused-ring (bicyclic) bond motifs is 1. The fraction of sp³-hybridized carbons (Fsp3) is 0.389. The molecule has 0 unspecified atom stereocenters. The summed E-state index contributed by atoms with van der Waals surface area (Å²) in [6, 6.07) is 10.4. The number of anilines is 1. The Kier molecular flexibility index (Phi) is 3.69. The largest absolute Gasteiger partial charge is 0.367 e. The van der Waals surface area contributed by atoms with Crippen LogP contribution >= 0.6 is 0 Å². The number of rotatable bonds is 2. The van der Waals surface area contributed by atoms with Gasteiger partial charge in [-0.2, -0.15) is 0 Å². The first kappa shape index (κ1) is 14.2. The molecule has 2 heterocycles. The number of aromatic nitrogens is 2. The van der Waals surface area contributed by atoms with Crippen molar-refractivity contribution >= 4 is 17.3 Å². The van der Waals surface area contributed by atoms with Gasteiger partial charge >= 0.3 is 0 Å². The van der Waals surface area contributed by atoms with E-state index >= 15 is 0 Å². The third-order valence-corrected chi connectivity index (χ3v) is 4.75. The maximum atomic E-state index is 4.86. The van der Waals surface area contributed by atoms with Gasteiger partial charge in [-0.25, -0.2) is 15.0 Å². The minimum Gasteiger partial charge on any atom is -0.367 e. The standard InChI is InChI=1S/C18H21N5/c1-3-7-14(8-4-1)11-20-17-18(9-5-2-6-10-18)23-16-15(22-17)12-19-13-21-16/h1,3-4,7-8,12-13H,2,5-6,9-11H2,(H,20,22)(H,19,21,23). The molecule has 1 aromatic heterocycles. The average molecular weight is 307 g/mol. The molecule has 5 nitrogen and oxygen atoms in total. The normalized spacial score (nSPS) is 18.7. The molecule has 0 bridgehead atoms. The van der Waals surface area contributed by atoms with E-state index in [1.165, 1.54) is 24.8 Å². The topological polar surface area (TPSA) is 62.2 Å². The molecule has 0 radical (unpaired) electrons. The molecular formula is C18H21N5. The molecule has 4 rings (SSSR count). The minimum absolute atomic E-state index is 0.103. The smallest absolute Gasteiger partial charge is 0.156 e. The monoisotopic (exact) mass is 307 g/mol. The van der Waals surface area contributed by atoms with Crippen LogP contribution in [0.4, 0.5) is 11.5 Å². The lowest BCUT2D eigenvalue weighted by molar-refractivity contribution is 0.395. The highest BCUT2D eigenvalue weighted by molar-refractivity contribution is 5.99. The summed E-state index contributed by atoms with van der Waals surface area (Å²) < 4.78 is 0. The second-order valence-electron chi connectivity index (χ2n) is 6.32. The van der Waals surface area contributed by atoms with Gasteiger partial charge in [0.15, 0.2) is 5.82 Å². The van der Waals surface area contributed by atoms with Gasteiger partial charge < -0.3 is 10.6 Å². The first-order chi connectivity index (χ1) is 11.4. The average Bonchev–Trinajstić information content (AvgIpc) is 2.61. The molecule has 1 fully saturated rings. The lowest BCUT2D eigenvalue weighted by Crippen LogP contribution is -2.55. The van der Waals surface area contributed by atoms with Crippen LogP contribution in [-0.2, 0) is 6.54 Å². The fourth-order valence-electron chi connectivity index (χ4n) is 3.52. The Bertz CT molecular complexity index is 704. The van der Waals surface area contributed by atoms with Crippen LogP contribution in [0.3, 0.4) is 0 Å². The van der Waals surface area contributed by atoms with Crippen molar-refractivity contribution in [1.82, 2.24) is 15.3 Å². The molecule has 2 aromatic rings. The first-order valence-corrected chi connectivity index (χ1v) is 8.31. The summed E-state index contributed by atoms with van der Waals surface area (Å²) in [6.07, 6.45) is 9.29. The molecule has 2 N–H and O–H groups in total. The van der Waals surface area contributed by atoms with E-state index in [0.717, 1.165) is 36.7 Å². The molecule has 1 spiro atoms. The summed E-state index contributed by atoms with van der Waals surface area (Å²) in [4.78, 5) is 13.3. The van der Waals surface area contributed by atoms with E-state index in [0.29, 0.717) is 0 Å².